The van der Waals surface area contributed by atoms with Crippen molar-refractivity contribution < 1.29 is 18.4 Å². The maximum atomic E-state index is 13.2. The first kappa shape index (κ1) is 18.9. The fraction of sp³-hybridized carbons (Fsp3) is 0.222. The zero-order valence-electron chi connectivity index (χ0n) is 13.9. The van der Waals surface area contributed by atoms with E-state index in [1.165, 1.54) is 24.3 Å². The van der Waals surface area contributed by atoms with Crippen molar-refractivity contribution in [1.82, 2.24) is 0 Å². The number of nitrogens with one attached hydrogen (secondary N) is 2. The Kier molecular flexibility index (Phi) is 6.52. The van der Waals surface area contributed by atoms with Gasteiger partial charge in [0.1, 0.15) is 11.6 Å². The number of aryl methyl sites for hydroxylation is 2. The Morgan fingerprint density at radius 1 is 0.840 bits per heavy atom. The molecule has 0 heterocycles. The van der Waals surface area contributed by atoms with E-state index in [-0.39, 0.29) is 23.3 Å². The number of benzene rings is 2. The van der Waals surface area contributed by atoms with Crippen LogP contribution in [0, 0.1) is 25.5 Å². The van der Waals surface area contributed by atoms with Gasteiger partial charge in [0.15, 0.2) is 0 Å². The molecule has 0 bridgehead atoms. The Morgan fingerprint density at radius 2 is 1.24 bits per heavy atom. The topological polar surface area (TPSA) is 58.2 Å². The number of rotatable bonds is 6. The summed E-state index contributed by atoms with van der Waals surface area (Å²) in [7, 11) is 0. The molecule has 0 aliphatic rings. The van der Waals surface area contributed by atoms with Crippen LogP contribution in [0.4, 0.5) is 20.2 Å². The maximum Gasteiger partial charge on any atom is 0.234 e. The molecule has 2 aromatic carbocycles. The van der Waals surface area contributed by atoms with E-state index in [0.717, 1.165) is 22.9 Å². The highest BCUT2D eigenvalue weighted by molar-refractivity contribution is 8.00. The van der Waals surface area contributed by atoms with Gasteiger partial charge in [0.05, 0.1) is 11.5 Å². The van der Waals surface area contributed by atoms with Crippen LogP contribution in [0.1, 0.15) is 11.1 Å². The molecular weight excluding hydrogens is 346 g/mol. The molecule has 0 aliphatic heterocycles. The molecule has 0 saturated heterocycles. The van der Waals surface area contributed by atoms with Crippen molar-refractivity contribution in [2.24, 2.45) is 0 Å². The average molecular weight is 364 g/mol. The fourth-order valence-electron chi connectivity index (χ4n) is 2.07. The predicted octanol–water partition coefficient (Wildman–Crippen LogP) is 3.89. The number of carbonyl (C=O) groups is 2. The van der Waals surface area contributed by atoms with Crippen LogP contribution in [0.3, 0.4) is 0 Å². The molecule has 0 fully saturated rings. The Morgan fingerprint density at radius 3 is 1.64 bits per heavy atom. The molecule has 0 spiro atoms. The summed E-state index contributed by atoms with van der Waals surface area (Å²) in [6.45, 7) is 3.52. The number of carbonyl (C=O) groups excluding carboxylic acids is 2. The number of thioether (sulfide) groups is 1. The summed E-state index contributed by atoms with van der Waals surface area (Å²) in [6, 6.07) is 8.28. The monoisotopic (exact) mass is 364 g/mol. The lowest BCUT2D eigenvalue weighted by atomic mass is 10.2. The third kappa shape index (κ3) is 5.86. The molecule has 2 amide bonds. The third-order valence-electron chi connectivity index (χ3n) is 3.41. The minimum atomic E-state index is -0.432. The fourth-order valence-corrected chi connectivity index (χ4v) is 2.68. The third-order valence-corrected chi connectivity index (χ3v) is 4.35. The molecule has 0 unspecified atom stereocenters. The van der Waals surface area contributed by atoms with Crippen LogP contribution in [0.15, 0.2) is 36.4 Å². The summed E-state index contributed by atoms with van der Waals surface area (Å²) in [4.78, 5) is 23.8. The molecule has 0 saturated carbocycles. The number of hydrogen-bond acceptors (Lipinski definition) is 3. The minimum absolute atomic E-state index is 0.0471. The Labute approximate surface area is 149 Å². The predicted molar refractivity (Wildman–Crippen MR) is 96.9 cm³/mol. The number of amides is 2. The van der Waals surface area contributed by atoms with E-state index >= 15 is 0 Å². The van der Waals surface area contributed by atoms with Crippen LogP contribution in [0.25, 0.3) is 0 Å². The molecule has 0 radical (unpaired) electrons. The smallest absolute Gasteiger partial charge is 0.234 e. The Balaban J connectivity index is 1.79. The molecule has 132 valence electrons. The first-order valence-corrected chi connectivity index (χ1v) is 8.70. The van der Waals surface area contributed by atoms with Crippen molar-refractivity contribution >= 4 is 35.0 Å². The van der Waals surface area contributed by atoms with Crippen molar-refractivity contribution in [2.45, 2.75) is 13.8 Å². The molecule has 0 aliphatic carbocycles. The summed E-state index contributed by atoms with van der Waals surface area (Å²) >= 11 is 1.12. The number of anilines is 2. The second-order valence-electron chi connectivity index (χ2n) is 5.51. The second kappa shape index (κ2) is 8.62. The summed E-state index contributed by atoms with van der Waals surface area (Å²) in [5, 5.41) is 5.22. The van der Waals surface area contributed by atoms with Crippen LogP contribution in [0.5, 0.6) is 0 Å². The van der Waals surface area contributed by atoms with Crippen molar-refractivity contribution in [3.05, 3.63) is 59.2 Å². The van der Waals surface area contributed by atoms with E-state index in [1.807, 2.05) is 0 Å². The quantitative estimate of drug-likeness (QED) is 0.818. The zero-order chi connectivity index (χ0) is 18.4. The lowest BCUT2D eigenvalue weighted by molar-refractivity contribution is -0.114. The van der Waals surface area contributed by atoms with E-state index in [0.29, 0.717) is 11.4 Å². The van der Waals surface area contributed by atoms with Gasteiger partial charge in [-0.15, -0.1) is 11.8 Å². The molecule has 4 nitrogen and oxygen atoms in total. The summed E-state index contributed by atoms with van der Waals surface area (Å²) in [6.07, 6.45) is 0. The molecule has 0 atom stereocenters. The first-order valence-electron chi connectivity index (χ1n) is 7.55. The maximum absolute atomic E-state index is 13.2. The van der Waals surface area contributed by atoms with Crippen molar-refractivity contribution in [3.63, 3.8) is 0 Å². The highest BCUT2D eigenvalue weighted by Gasteiger charge is 2.09. The van der Waals surface area contributed by atoms with Gasteiger partial charge in [-0.05, 0) is 49.2 Å². The molecule has 2 rings (SSSR count). The Hall–Kier alpha value is -2.41. The van der Waals surface area contributed by atoms with Crippen molar-refractivity contribution in [2.75, 3.05) is 22.1 Å². The van der Waals surface area contributed by atoms with Gasteiger partial charge in [-0.2, -0.15) is 0 Å². The number of halogens is 2. The summed E-state index contributed by atoms with van der Waals surface area (Å²) < 4.78 is 26.4. The van der Waals surface area contributed by atoms with Gasteiger partial charge in [-0.1, -0.05) is 12.1 Å². The van der Waals surface area contributed by atoms with Crippen molar-refractivity contribution in [3.8, 4) is 0 Å². The standard InChI is InChI=1S/C18H18F2N2O2S/c1-11-3-5-13(19)7-15(11)21-17(23)9-25-10-18(24)22-16-8-14(20)6-4-12(16)2/h3-8H,9-10H2,1-2H3,(H,21,23)(H,22,24). The lowest BCUT2D eigenvalue weighted by Crippen LogP contribution is -2.19. The normalized spacial score (nSPS) is 10.4. The molecular formula is C18H18F2N2O2S. The second-order valence-corrected chi connectivity index (χ2v) is 6.49. The molecule has 2 aromatic rings. The Bertz CT molecular complexity index is 731. The van der Waals surface area contributed by atoms with E-state index in [9.17, 15) is 18.4 Å². The van der Waals surface area contributed by atoms with Gasteiger partial charge in [0.25, 0.3) is 0 Å². The first-order chi connectivity index (χ1) is 11.8. The van der Waals surface area contributed by atoms with Gasteiger partial charge in [0, 0.05) is 11.4 Å². The van der Waals surface area contributed by atoms with Gasteiger partial charge in [-0.3, -0.25) is 9.59 Å². The van der Waals surface area contributed by atoms with E-state index in [4.69, 9.17) is 0 Å². The SMILES string of the molecule is Cc1ccc(F)cc1NC(=O)CSCC(=O)Nc1cc(F)ccc1C. The largest absolute Gasteiger partial charge is 0.325 e. The molecule has 0 aromatic heterocycles. The van der Waals surface area contributed by atoms with Gasteiger partial charge in [0.2, 0.25) is 11.8 Å². The van der Waals surface area contributed by atoms with Crippen LogP contribution < -0.4 is 10.6 Å². The van der Waals surface area contributed by atoms with Crippen LogP contribution >= 0.6 is 11.8 Å². The van der Waals surface area contributed by atoms with Gasteiger partial charge < -0.3 is 10.6 Å². The van der Waals surface area contributed by atoms with E-state index in [1.54, 1.807) is 26.0 Å². The van der Waals surface area contributed by atoms with Crippen molar-refractivity contribution in [1.29, 1.82) is 0 Å². The lowest BCUT2D eigenvalue weighted by Gasteiger charge is -2.09. The van der Waals surface area contributed by atoms with Gasteiger partial charge in [-0.25, -0.2) is 8.78 Å². The number of hydrogen-bond donors (Lipinski definition) is 2. The molecule has 25 heavy (non-hydrogen) atoms. The van der Waals surface area contributed by atoms with Gasteiger partial charge >= 0.3 is 0 Å². The van der Waals surface area contributed by atoms with Crippen LogP contribution in [0.2, 0.25) is 0 Å². The minimum Gasteiger partial charge on any atom is -0.325 e. The highest BCUT2D eigenvalue weighted by Crippen LogP contribution is 2.18. The molecule has 2 N–H and O–H groups in total. The highest BCUT2D eigenvalue weighted by atomic mass is 32.2. The molecule has 7 heteroatoms. The average Bonchev–Trinajstić information content (AvgIpc) is 2.54. The van der Waals surface area contributed by atoms with Crippen LogP contribution in [-0.2, 0) is 9.59 Å². The van der Waals surface area contributed by atoms with Crippen LogP contribution in [-0.4, -0.2) is 23.3 Å². The summed E-state index contributed by atoms with van der Waals surface area (Å²) in [5.41, 5.74) is 2.31. The van der Waals surface area contributed by atoms with E-state index in [2.05, 4.69) is 10.6 Å². The van der Waals surface area contributed by atoms with E-state index < -0.39 is 11.6 Å². The summed E-state index contributed by atoms with van der Waals surface area (Å²) in [5.74, 6) is -1.42. The zero-order valence-corrected chi connectivity index (χ0v) is 14.7.